The van der Waals surface area contributed by atoms with E-state index >= 15 is 0 Å². The summed E-state index contributed by atoms with van der Waals surface area (Å²) < 4.78 is 40.1. The molecule has 5 rings (SSSR count). The molecule has 0 radical (unpaired) electrons. The van der Waals surface area contributed by atoms with Crippen LogP contribution >= 0.6 is 23.2 Å². The van der Waals surface area contributed by atoms with Gasteiger partial charge in [0.2, 0.25) is 0 Å². The van der Waals surface area contributed by atoms with Gasteiger partial charge in [-0.3, -0.25) is 9.59 Å². The van der Waals surface area contributed by atoms with E-state index in [0.29, 0.717) is 69.5 Å². The number of carbonyl (C=O) groups is 2. The molecule has 13 nitrogen and oxygen atoms in total. The number of methoxy groups -OCH3 is 4. The average molecular weight is 780 g/mol. The van der Waals surface area contributed by atoms with Crippen molar-refractivity contribution in [2.24, 2.45) is 0 Å². The molecular weight excluding hydrogens is 730 g/mol. The van der Waals surface area contributed by atoms with Gasteiger partial charge >= 0.3 is 0 Å². The molecule has 0 bridgehead atoms. The SMILES string of the molecule is COc1cc(N)c(Cl)cc1C(=O)NC1CCN(CCCOc2ccc(F)cc2)CC1OC.COc1cc(N)c(Cl)cc1C(=O)NC1CCNCC1OC. The molecule has 2 aliphatic rings. The van der Waals surface area contributed by atoms with Crippen LogP contribution in [0, 0.1) is 5.82 Å². The van der Waals surface area contributed by atoms with E-state index in [9.17, 15) is 14.0 Å². The van der Waals surface area contributed by atoms with Crippen LogP contribution < -0.4 is 41.6 Å². The molecule has 0 spiro atoms. The number of piperidine rings is 2. The first-order valence-electron chi connectivity index (χ1n) is 17.2. The Morgan fingerprint density at radius 1 is 0.849 bits per heavy atom. The lowest BCUT2D eigenvalue weighted by Gasteiger charge is -2.38. The fraction of sp³-hybridized carbons (Fsp3) is 0.459. The van der Waals surface area contributed by atoms with Crippen molar-refractivity contribution >= 4 is 46.4 Å². The van der Waals surface area contributed by atoms with Gasteiger partial charge in [0.25, 0.3) is 11.8 Å². The summed E-state index contributed by atoms with van der Waals surface area (Å²) in [6, 6.07) is 11.9. The molecule has 2 heterocycles. The van der Waals surface area contributed by atoms with Crippen LogP contribution in [-0.2, 0) is 9.47 Å². The van der Waals surface area contributed by atoms with Crippen molar-refractivity contribution in [3.05, 3.63) is 75.5 Å². The third-order valence-corrected chi connectivity index (χ3v) is 9.79. The van der Waals surface area contributed by atoms with Gasteiger partial charge in [-0.05, 0) is 62.2 Å². The minimum atomic E-state index is -0.282. The van der Waals surface area contributed by atoms with Gasteiger partial charge in [0.1, 0.15) is 23.1 Å². The maximum atomic E-state index is 12.9. The molecule has 2 saturated heterocycles. The van der Waals surface area contributed by atoms with E-state index in [1.807, 2.05) is 0 Å². The van der Waals surface area contributed by atoms with Crippen molar-refractivity contribution < 1.29 is 37.7 Å². The topological polar surface area (TPSA) is 172 Å². The Bertz CT molecular complexity index is 1670. The fourth-order valence-electron chi connectivity index (χ4n) is 6.16. The van der Waals surface area contributed by atoms with Crippen molar-refractivity contribution in [3.63, 3.8) is 0 Å². The summed E-state index contributed by atoms with van der Waals surface area (Å²) in [4.78, 5) is 27.6. The molecule has 4 atom stereocenters. The van der Waals surface area contributed by atoms with E-state index in [-0.39, 0.29) is 41.9 Å². The molecule has 2 amide bonds. The van der Waals surface area contributed by atoms with E-state index in [2.05, 4.69) is 20.9 Å². The van der Waals surface area contributed by atoms with E-state index in [1.54, 1.807) is 38.5 Å². The van der Waals surface area contributed by atoms with Gasteiger partial charge in [-0.1, -0.05) is 23.2 Å². The molecule has 290 valence electrons. The highest BCUT2D eigenvalue weighted by Crippen LogP contribution is 2.30. The number of nitrogens with two attached hydrogens (primary N) is 2. The normalized spacial score (nSPS) is 20.1. The smallest absolute Gasteiger partial charge is 0.255 e. The third-order valence-electron chi connectivity index (χ3n) is 9.14. The maximum absolute atomic E-state index is 12.9. The van der Waals surface area contributed by atoms with Gasteiger partial charge in [0.05, 0.1) is 77.7 Å². The molecule has 7 N–H and O–H groups in total. The molecule has 53 heavy (non-hydrogen) atoms. The summed E-state index contributed by atoms with van der Waals surface area (Å²) in [5.74, 6) is 0.616. The standard InChI is InChI=1S/C23H29ClFN3O4.C14H20ClN3O3/c1-30-21-13-19(26)18(24)12-17(21)23(29)27-20-8-10-28(14-22(20)31-2)9-3-11-32-16-6-4-15(25)5-7-16;1-20-12-6-10(16)9(15)5-8(12)14(19)18-11-3-4-17-7-13(11)21-2/h4-7,12-13,20,22H,3,8-11,14,26H2,1-2H3,(H,27,29);5-6,11,13,17H,3-4,7,16H2,1-2H3,(H,18,19). The van der Waals surface area contributed by atoms with Crippen LogP contribution in [0.5, 0.6) is 17.2 Å². The van der Waals surface area contributed by atoms with E-state index in [1.165, 1.54) is 38.5 Å². The second-order valence-corrected chi connectivity index (χ2v) is 13.4. The highest BCUT2D eigenvalue weighted by Gasteiger charge is 2.31. The average Bonchev–Trinajstić information content (AvgIpc) is 3.16. The van der Waals surface area contributed by atoms with Crippen molar-refractivity contribution in [3.8, 4) is 17.2 Å². The van der Waals surface area contributed by atoms with Gasteiger partial charge in [0, 0.05) is 52.5 Å². The second kappa shape index (κ2) is 20.4. The highest BCUT2D eigenvalue weighted by atomic mass is 35.5. The number of amides is 2. The van der Waals surface area contributed by atoms with Gasteiger partial charge in [0.15, 0.2) is 0 Å². The molecule has 0 aromatic heterocycles. The number of anilines is 2. The van der Waals surface area contributed by atoms with Crippen LogP contribution in [0.1, 0.15) is 40.0 Å². The van der Waals surface area contributed by atoms with Gasteiger partial charge in [-0.25, -0.2) is 4.39 Å². The zero-order valence-electron chi connectivity index (χ0n) is 30.4. The van der Waals surface area contributed by atoms with Crippen molar-refractivity contribution in [1.82, 2.24) is 20.9 Å². The van der Waals surface area contributed by atoms with Crippen LogP contribution in [0.25, 0.3) is 0 Å². The Morgan fingerprint density at radius 3 is 1.92 bits per heavy atom. The summed E-state index contributed by atoms with van der Waals surface area (Å²) in [6.07, 6.45) is 2.16. The summed E-state index contributed by atoms with van der Waals surface area (Å²) in [5.41, 5.74) is 13.0. The number of carbonyl (C=O) groups excluding carboxylic acids is 2. The first kappa shape index (κ1) is 41.7. The minimum Gasteiger partial charge on any atom is -0.496 e. The van der Waals surface area contributed by atoms with E-state index in [0.717, 1.165) is 38.9 Å². The predicted molar refractivity (Wildman–Crippen MR) is 204 cm³/mol. The molecular formula is C37H49Cl2FN6O7. The highest BCUT2D eigenvalue weighted by molar-refractivity contribution is 6.34. The van der Waals surface area contributed by atoms with Crippen molar-refractivity contribution in [2.75, 3.05) is 79.2 Å². The number of hydrogen-bond acceptors (Lipinski definition) is 11. The Morgan fingerprint density at radius 2 is 1.40 bits per heavy atom. The Balaban J connectivity index is 0.000000258. The lowest BCUT2D eigenvalue weighted by molar-refractivity contribution is 0.00527. The largest absolute Gasteiger partial charge is 0.496 e. The molecule has 0 saturated carbocycles. The summed E-state index contributed by atoms with van der Waals surface area (Å²) in [7, 11) is 6.25. The summed E-state index contributed by atoms with van der Waals surface area (Å²) in [6.45, 7) is 4.44. The van der Waals surface area contributed by atoms with Crippen molar-refractivity contribution in [2.45, 2.75) is 43.6 Å². The zero-order chi connectivity index (χ0) is 38.5. The Labute approximate surface area is 319 Å². The first-order chi connectivity index (χ1) is 25.5. The minimum absolute atomic E-state index is 0.0511. The lowest BCUT2D eigenvalue weighted by Crippen LogP contribution is -2.55. The third kappa shape index (κ3) is 11.7. The lowest BCUT2D eigenvalue weighted by atomic mass is 10.0. The van der Waals surface area contributed by atoms with E-state index in [4.69, 9.17) is 58.4 Å². The predicted octanol–water partition coefficient (Wildman–Crippen LogP) is 4.40. The van der Waals surface area contributed by atoms with E-state index < -0.39 is 0 Å². The van der Waals surface area contributed by atoms with Crippen LogP contribution in [0.2, 0.25) is 10.0 Å². The molecule has 0 aliphatic carbocycles. The number of ether oxygens (including phenoxy) is 5. The number of rotatable bonds is 13. The molecule has 4 unspecified atom stereocenters. The number of likely N-dealkylation sites (tertiary alicyclic amines) is 1. The van der Waals surface area contributed by atoms with Gasteiger partial charge < -0.3 is 56.0 Å². The Hall–Kier alpha value is -4.05. The quantitative estimate of drug-likeness (QED) is 0.123. The number of nitrogen functional groups attached to an aromatic ring is 2. The van der Waals surface area contributed by atoms with Crippen LogP contribution in [0.15, 0.2) is 48.5 Å². The van der Waals surface area contributed by atoms with Crippen LogP contribution in [0.4, 0.5) is 15.8 Å². The monoisotopic (exact) mass is 778 g/mol. The van der Waals surface area contributed by atoms with Crippen LogP contribution in [0.3, 0.4) is 0 Å². The zero-order valence-corrected chi connectivity index (χ0v) is 31.9. The molecule has 3 aromatic rings. The number of nitrogens with one attached hydrogen (secondary N) is 3. The maximum Gasteiger partial charge on any atom is 0.255 e. The van der Waals surface area contributed by atoms with Crippen LogP contribution in [-0.4, -0.2) is 109 Å². The molecule has 2 fully saturated rings. The molecule has 2 aliphatic heterocycles. The van der Waals surface area contributed by atoms with Crippen molar-refractivity contribution in [1.29, 1.82) is 0 Å². The summed E-state index contributed by atoms with van der Waals surface area (Å²) in [5, 5.41) is 9.88. The van der Waals surface area contributed by atoms with Gasteiger partial charge in [-0.15, -0.1) is 0 Å². The molecule has 3 aromatic carbocycles. The number of benzene rings is 3. The summed E-state index contributed by atoms with van der Waals surface area (Å²) >= 11 is 12.1. The molecule has 16 heteroatoms. The number of halogens is 3. The van der Waals surface area contributed by atoms with Gasteiger partial charge in [-0.2, -0.15) is 0 Å². The fourth-order valence-corrected chi connectivity index (χ4v) is 6.49. The number of nitrogens with zero attached hydrogens (tertiary/aromatic N) is 1. The second-order valence-electron chi connectivity index (χ2n) is 12.6. The number of hydrogen-bond donors (Lipinski definition) is 5. The first-order valence-corrected chi connectivity index (χ1v) is 18.0. The Kier molecular flexibility index (Phi) is 16.1.